The molecule has 36 heavy (non-hydrogen) atoms. The number of benzene rings is 2. The summed E-state index contributed by atoms with van der Waals surface area (Å²) in [6.07, 6.45) is 1.61. The second-order valence-electron chi connectivity index (χ2n) is 8.84. The third-order valence-corrected chi connectivity index (χ3v) is 6.01. The Morgan fingerprint density at radius 3 is 2.56 bits per heavy atom. The van der Waals surface area contributed by atoms with E-state index in [4.69, 9.17) is 4.74 Å². The van der Waals surface area contributed by atoms with Crippen LogP contribution in [0.1, 0.15) is 42.1 Å². The van der Waals surface area contributed by atoms with Gasteiger partial charge in [0.05, 0.1) is 12.1 Å². The van der Waals surface area contributed by atoms with Crippen molar-refractivity contribution in [3.8, 4) is 5.75 Å². The summed E-state index contributed by atoms with van der Waals surface area (Å²) in [5.41, 5.74) is 1.46. The van der Waals surface area contributed by atoms with Crippen molar-refractivity contribution in [3.63, 3.8) is 0 Å². The molecule has 0 spiro atoms. The van der Waals surface area contributed by atoms with Gasteiger partial charge >= 0.3 is 0 Å². The fourth-order valence-electron chi connectivity index (χ4n) is 3.94. The van der Waals surface area contributed by atoms with Gasteiger partial charge in [0.25, 0.3) is 5.91 Å². The molecule has 2 atom stereocenters. The molecule has 9 nitrogen and oxygen atoms in total. The first-order valence-electron chi connectivity index (χ1n) is 12.2. The molecular weight excluding hydrogens is 460 g/mol. The van der Waals surface area contributed by atoms with Gasteiger partial charge in [0.1, 0.15) is 24.4 Å². The highest BCUT2D eigenvalue weighted by molar-refractivity contribution is 5.99. The number of hydrogen-bond acceptors (Lipinski definition) is 5. The molecule has 0 aromatic heterocycles. The van der Waals surface area contributed by atoms with Crippen LogP contribution < -0.4 is 20.7 Å². The zero-order chi connectivity index (χ0) is 25.9. The number of likely N-dealkylation sites (N-methyl/N-ethyl adjacent to an activating group) is 1. The molecule has 0 saturated carbocycles. The fourth-order valence-corrected chi connectivity index (χ4v) is 3.94. The van der Waals surface area contributed by atoms with Crippen molar-refractivity contribution in [2.75, 3.05) is 26.7 Å². The first-order chi connectivity index (χ1) is 17.3. The van der Waals surface area contributed by atoms with Crippen LogP contribution in [0.25, 0.3) is 0 Å². The van der Waals surface area contributed by atoms with Crippen LogP contribution in [0, 0.1) is 0 Å². The molecule has 0 radical (unpaired) electrons. The van der Waals surface area contributed by atoms with E-state index in [9.17, 15) is 19.2 Å². The molecule has 2 aromatic rings. The number of nitrogens with zero attached hydrogens (tertiary/aromatic N) is 1. The highest BCUT2D eigenvalue weighted by Gasteiger charge is 2.26. The molecule has 3 rings (SSSR count). The molecule has 1 aliphatic rings. The van der Waals surface area contributed by atoms with Gasteiger partial charge in [0.2, 0.25) is 17.7 Å². The maximum absolute atomic E-state index is 13.1. The van der Waals surface area contributed by atoms with Crippen molar-refractivity contribution in [3.05, 3.63) is 65.7 Å². The number of fused-ring (bicyclic) bond motifs is 1. The van der Waals surface area contributed by atoms with E-state index in [1.807, 2.05) is 30.3 Å². The van der Waals surface area contributed by atoms with Gasteiger partial charge in [-0.05, 0) is 43.9 Å². The lowest BCUT2D eigenvalue weighted by Crippen LogP contribution is -2.48. The van der Waals surface area contributed by atoms with Gasteiger partial charge in [-0.3, -0.25) is 19.2 Å². The van der Waals surface area contributed by atoms with Crippen LogP contribution in [-0.2, 0) is 20.8 Å². The second-order valence-corrected chi connectivity index (χ2v) is 8.84. The molecule has 0 saturated heterocycles. The average Bonchev–Trinajstić information content (AvgIpc) is 2.88. The van der Waals surface area contributed by atoms with Crippen molar-refractivity contribution in [1.82, 2.24) is 20.9 Å². The maximum atomic E-state index is 13.1. The molecular formula is C27H34N4O5. The summed E-state index contributed by atoms with van der Waals surface area (Å²) in [6, 6.07) is 15.0. The molecule has 3 N–H and O–H groups in total. The lowest BCUT2D eigenvalue weighted by molar-refractivity contribution is -0.135. The molecule has 0 unspecified atom stereocenters. The summed E-state index contributed by atoms with van der Waals surface area (Å²) < 4.78 is 5.78. The van der Waals surface area contributed by atoms with Gasteiger partial charge < -0.3 is 25.6 Å². The monoisotopic (exact) mass is 494 g/mol. The van der Waals surface area contributed by atoms with Crippen LogP contribution in [0.4, 0.5) is 0 Å². The van der Waals surface area contributed by atoms with Crippen LogP contribution in [0.5, 0.6) is 5.75 Å². The van der Waals surface area contributed by atoms with Crippen LogP contribution in [0.15, 0.2) is 54.6 Å². The van der Waals surface area contributed by atoms with Gasteiger partial charge in [0, 0.05) is 20.0 Å². The fraction of sp³-hybridized carbons (Fsp3) is 0.407. The van der Waals surface area contributed by atoms with Gasteiger partial charge in [-0.15, -0.1) is 0 Å². The Morgan fingerprint density at radius 2 is 1.78 bits per heavy atom. The summed E-state index contributed by atoms with van der Waals surface area (Å²) in [6.45, 7) is 2.50. The minimum Gasteiger partial charge on any atom is -0.491 e. The van der Waals surface area contributed by atoms with E-state index in [1.165, 1.54) is 10.5 Å². The molecule has 0 fully saturated rings. The molecule has 1 aliphatic heterocycles. The molecule has 0 bridgehead atoms. The summed E-state index contributed by atoms with van der Waals surface area (Å²) in [4.78, 5) is 52.6. The largest absolute Gasteiger partial charge is 0.491 e. The number of nitrogens with one attached hydrogen (secondary N) is 3. The van der Waals surface area contributed by atoms with Crippen molar-refractivity contribution in [1.29, 1.82) is 0 Å². The SMILES string of the molecule is C[C@@H]1NC(=O)CC[C@@H](C(=O)NCCCc2ccccc2)NC(=O)c2ccccc2OCCN(C)C1=O. The minimum atomic E-state index is -0.924. The summed E-state index contributed by atoms with van der Waals surface area (Å²) in [5, 5.41) is 8.31. The Balaban J connectivity index is 1.71. The van der Waals surface area contributed by atoms with Gasteiger partial charge in [-0.25, -0.2) is 0 Å². The van der Waals surface area contributed by atoms with E-state index in [0.717, 1.165) is 12.8 Å². The number of ether oxygens (including phenoxy) is 1. The number of rotatable bonds is 5. The lowest BCUT2D eigenvalue weighted by Gasteiger charge is -2.22. The van der Waals surface area contributed by atoms with E-state index in [2.05, 4.69) is 16.0 Å². The number of carbonyl (C=O) groups is 4. The van der Waals surface area contributed by atoms with Crippen LogP contribution in [0.3, 0.4) is 0 Å². The number of para-hydroxylation sites is 1. The van der Waals surface area contributed by atoms with Gasteiger partial charge in [-0.2, -0.15) is 0 Å². The van der Waals surface area contributed by atoms with E-state index >= 15 is 0 Å². The van der Waals surface area contributed by atoms with Gasteiger partial charge in [0.15, 0.2) is 0 Å². The maximum Gasteiger partial charge on any atom is 0.255 e. The number of hydrogen-bond donors (Lipinski definition) is 3. The molecule has 1 heterocycles. The normalized spacial score (nSPS) is 19.6. The molecule has 9 heteroatoms. The average molecular weight is 495 g/mol. The van der Waals surface area contributed by atoms with Crippen LogP contribution in [-0.4, -0.2) is 67.4 Å². The molecule has 0 aliphatic carbocycles. The first kappa shape index (κ1) is 26.7. The third-order valence-electron chi connectivity index (χ3n) is 6.01. The Hall–Kier alpha value is -3.88. The van der Waals surface area contributed by atoms with E-state index in [0.29, 0.717) is 12.3 Å². The molecule has 4 amide bonds. The predicted molar refractivity (Wildman–Crippen MR) is 135 cm³/mol. The summed E-state index contributed by atoms with van der Waals surface area (Å²) >= 11 is 0. The van der Waals surface area contributed by atoms with Crippen LogP contribution >= 0.6 is 0 Å². The summed E-state index contributed by atoms with van der Waals surface area (Å²) in [7, 11) is 1.63. The topological polar surface area (TPSA) is 117 Å². The van der Waals surface area contributed by atoms with Crippen molar-refractivity contribution in [2.24, 2.45) is 0 Å². The standard InChI is InChI=1S/C27H34N4O5/c1-19-27(35)31(2)17-18-36-23-13-7-6-12-21(23)25(33)30-22(14-15-24(32)29-19)26(34)28-16-8-11-20-9-4-3-5-10-20/h3-7,9-10,12-13,19,22H,8,11,14-18H2,1-2H3,(H,28,34)(H,29,32)(H,30,33)/t19-,22-/m0/s1. The number of carbonyl (C=O) groups excluding carboxylic acids is 4. The van der Waals surface area contributed by atoms with E-state index in [-0.39, 0.29) is 49.3 Å². The van der Waals surface area contributed by atoms with E-state index < -0.39 is 18.0 Å². The number of amides is 4. The quantitative estimate of drug-likeness (QED) is 0.547. The third kappa shape index (κ3) is 7.83. The predicted octanol–water partition coefficient (Wildman–Crippen LogP) is 1.67. The number of aryl methyl sites for hydroxylation is 1. The van der Waals surface area contributed by atoms with Crippen molar-refractivity contribution >= 4 is 23.6 Å². The lowest BCUT2D eigenvalue weighted by atomic mass is 10.1. The highest BCUT2D eigenvalue weighted by atomic mass is 16.5. The minimum absolute atomic E-state index is 0.0259. The smallest absolute Gasteiger partial charge is 0.255 e. The van der Waals surface area contributed by atoms with E-state index in [1.54, 1.807) is 38.2 Å². The van der Waals surface area contributed by atoms with Crippen LogP contribution in [0.2, 0.25) is 0 Å². The Bertz CT molecular complexity index is 1060. The first-order valence-corrected chi connectivity index (χ1v) is 12.2. The zero-order valence-electron chi connectivity index (χ0n) is 20.8. The highest BCUT2D eigenvalue weighted by Crippen LogP contribution is 2.18. The Kier molecular flexibility index (Phi) is 9.85. The second kappa shape index (κ2) is 13.3. The zero-order valence-corrected chi connectivity index (χ0v) is 20.8. The molecule has 2 aromatic carbocycles. The van der Waals surface area contributed by atoms with Crippen molar-refractivity contribution in [2.45, 2.75) is 44.7 Å². The Morgan fingerprint density at radius 1 is 1.06 bits per heavy atom. The van der Waals surface area contributed by atoms with Gasteiger partial charge in [-0.1, -0.05) is 42.5 Å². The molecule has 192 valence electrons. The Labute approximate surface area is 211 Å². The van der Waals surface area contributed by atoms with Crippen molar-refractivity contribution < 1.29 is 23.9 Å². The summed E-state index contributed by atoms with van der Waals surface area (Å²) in [5.74, 6) is -1.10.